The maximum Gasteiger partial charge on any atom is 0.162 e. The highest BCUT2D eigenvalue weighted by Gasteiger charge is 2.18. The fourth-order valence-electron chi connectivity index (χ4n) is 2.62. The molecule has 0 unspecified atom stereocenters. The van der Waals surface area contributed by atoms with Crippen molar-refractivity contribution in [1.82, 2.24) is 9.97 Å². The van der Waals surface area contributed by atoms with Gasteiger partial charge in [0.15, 0.2) is 5.82 Å². The van der Waals surface area contributed by atoms with Gasteiger partial charge in [-0.1, -0.05) is 0 Å². The molecule has 19 heavy (non-hydrogen) atoms. The Hall–Kier alpha value is -1.42. The molecule has 0 amide bonds. The van der Waals surface area contributed by atoms with Crippen LogP contribution in [0.15, 0.2) is 10.8 Å². The molecule has 2 heterocycles. The highest BCUT2D eigenvalue weighted by atomic mass is 32.1. The average Bonchev–Trinajstić information content (AvgIpc) is 2.85. The molecule has 2 aromatic heterocycles. The SMILES string of the molecule is CCNc1nc(-c2cscc2C)nc2c1CCCC2. The van der Waals surface area contributed by atoms with E-state index >= 15 is 0 Å². The highest BCUT2D eigenvalue weighted by molar-refractivity contribution is 7.08. The van der Waals surface area contributed by atoms with Crippen LogP contribution in [0.25, 0.3) is 11.4 Å². The summed E-state index contributed by atoms with van der Waals surface area (Å²) < 4.78 is 0. The van der Waals surface area contributed by atoms with Crippen LogP contribution in [0, 0.1) is 6.92 Å². The Morgan fingerprint density at radius 2 is 2.05 bits per heavy atom. The lowest BCUT2D eigenvalue weighted by Crippen LogP contribution is -2.13. The molecule has 0 aromatic carbocycles. The maximum absolute atomic E-state index is 4.82. The van der Waals surface area contributed by atoms with Gasteiger partial charge in [0.05, 0.1) is 0 Å². The molecule has 100 valence electrons. The molecule has 0 radical (unpaired) electrons. The van der Waals surface area contributed by atoms with Crippen molar-refractivity contribution in [1.29, 1.82) is 0 Å². The van der Waals surface area contributed by atoms with Crippen molar-refractivity contribution < 1.29 is 0 Å². The predicted octanol–water partition coefficient (Wildman–Crippen LogP) is 3.82. The Balaban J connectivity index is 2.11. The van der Waals surface area contributed by atoms with Gasteiger partial charge in [0.25, 0.3) is 0 Å². The second-order valence-electron chi connectivity index (χ2n) is 5.03. The van der Waals surface area contributed by atoms with Crippen LogP contribution in [-0.2, 0) is 12.8 Å². The summed E-state index contributed by atoms with van der Waals surface area (Å²) in [5.74, 6) is 1.93. The number of aryl methyl sites for hydroxylation is 2. The summed E-state index contributed by atoms with van der Waals surface area (Å²) in [6, 6.07) is 0. The van der Waals surface area contributed by atoms with Crippen LogP contribution in [0.1, 0.15) is 36.6 Å². The van der Waals surface area contributed by atoms with E-state index in [4.69, 9.17) is 9.97 Å². The van der Waals surface area contributed by atoms with Crippen LogP contribution in [-0.4, -0.2) is 16.5 Å². The van der Waals surface area contributed by atoms with Gasteiger partial charge in [-0.25, -0.2) is 9.97 Å². The number of fused-ring (bicyclic) bond motifs is 1. The molecule has 3 rings (SSSR count). The summed E-state index contributed by atoms with van der Waals surface area (Å²) in [6.45, 7) is 5.15. The van der Waals surface area contributed by atoms with E-state index in [-0.39, 0.29) is 0 Å². The quantitative estimate of drug-likeness (QED) is 0.923. The normalized spacial score (nSPS) is 14.2. The zero-order chi connectivity index (χ0) is 13.2. The molecular weight excluding hydrogens is 254 g/mol. The smallest absolute Gasteiger partial charge is 0.162 e. The molecule has 0 saturated carbocycles. The summed E-state index contributed by atoms with van der Waals surface area (Å²) in [5.41, 5.74) is 5.03. The van der Waals surface area contributed by atoms with E-state index in [0.717, 1.165) is 31.0 Å². The fourth-order valence-corrected chi connectivity index (χ4v) is 3.44. The van der Waals surface area contributed by atoms with Crippen LogP contribution in [0.3, 0.4) is 0 Å². The van der Waals surface area contributed by atoms with Crippen molar-refractivity contribution in [2.75, 3.05) is 11.9 Å². The lowest BCUT2D eigenvalue weighted by molar-refractivity contribution is 0.664. The molecule has 0 atom stereocenters. The number of thiophene rings is 1. The number of anilines is 1. The lowest BCUT2D eigenvalue weighted by atomic mass is 9.96. The number of nitrogens with one attached hydrogen (secondary N) is 1. The monoisotopic (exact) mass is 273 g/mol. The minimum Gasteiger partial charge on any atom is -0.370 e. The van der Waals surface area contributed by atoms with Gasteiger partial charge >= 0.3 is 0 Å². The van der Waals surface area contributed by atoms with Gasteiger partial charge in [-0.05, 0) is 50.5 Å². The van der Waals surface area contributed by atoms with Crippen molar-refractivity contribution >= 4 is 17.2 Å². The molecule has 0 aliphatic heterocycles. The maximum atomic E-state index is 4.82. The molecule has 0 fully saturated rings. The number of nitrogens with zero attached hydrogens (tertiary/aromatic N) is 2. The van der Waals surface area contributed by atoms with Crippen LogP contribution in [0.2, 0.25) is 0 Å². The minimum atomic E-state index is 0.885. The van der Waals surface area contributed by atoms with Gasteiger partial charge in [-0.3, -0.25) is 0 Å². The predicted molar refractivity (Wildman–Crippen MR) is 80.9 cm³/mol. The Labute approximate surface area is 118 Å². The largest absolute Gasteiger partial charge is 0.370 e. The summed E-state index contributed by atoms with van der Waals surface area (Å²) in [6.07, 6.45) is 4.70. The first-order valence-electron chi connectivity index (χ1n) is 6.96. The second kappa shape index (κ2) is 5.29. The third kappa shape index (κ3) is 2.37. The van der Waals surface area contributed by atoms with Crippen molar-refractivity contribution in [3.63, 3.8) is 0 Å². The van der Waals surface area contributed by atoms with Gasteiger partial charge in [0.1, 0.15) is 5.82 Å². The van der Waals surface area contributed by atoms with Gasteiger partial charge in [0, 0.05) is 28.7 Å². The summed E-state index contributed by atoms with van der Waals surface area (Å²) in [4.78, 5) is 9.58. The summed E-state index contributed by atoms with van der Waals surface area (Å²) >= 11 is 1.72. The Morgan fingerprint density at radius 1 is 1.21 bits per heavy atom. The number of hydrogen-bond donors (Lipinski definition) is 1. The number of aromatic nitrogens is 2. The van der Waals surface area contributed by atoms with E-state index in [9.17, 15) is 0 Å². The molecule has 3 nitrogen and oxygen atoms in total. The highest BCUT2D eigenvalue weighted by Crippen LogP contribution is 2.30. The molecule has 0 spiro atoms. The van der Waals surface area contributed by atoms with Gasteiger partial charge in [-0.15, -0.1) is 0 Å². The first-order chi connectivity index (χ1) is 9.29. The van der Waals surface area contributed by atoms with Gasteiger partial charge in [0.2, 0.25) is 0 Å². The molecular formula is C15H19N3S. The van der Waals surface area contributed by atoms with Crippen LogP contribution in [0.5, 0.6) is 0 Å². The summed E-state index contributed by atoms with van der Waals surface area (Å²) in [5, 5.41) is 7.72. The standard InChI is InChI=1S/C15H19N3S/c1-3-16-14-11-6-4-5-7-13(11)17-15(18-14)12-9-19-8-10(12)2/h8-9H,3-7H2,1-2H3,(H,16,17,18). The topological polar surface area (TPSA) is 37.8 Å². The average molecular weight is 273 g/mol. The van der Waals surface area contributed by atoms with Crippen molar-refractivity contribution in [3.8, 4) is 11.4 Å². The van der Waals surface area contributed by atoms with Crippen molar-refractivity contribution in [2.24, 2.45) is 0 Å². The Kier molecular flexibility index (Phi) is 3.51. The Morgan fingerprint density at radius 3 is 2.79 bits per heavy atom. The molecule has 4 heteroatoms. The van der Waals surface area contributed by atoms with E-state index in [2.05, 4.69) is 29.9 Å². The first kappa shape index (κ1) is 12.6. The molecule has 1 aliphatic carbocycles. The zero-order valence-electron chi connectivity index (χ0n) is 11.5. The third-order valence-corrected chi connectivity index (χ3v) is 4.49. The number of rotatable bonds is 3. The fraction of sp³-hybridized carbons (Fsp3) is 0.467. The van der Waals surface area contributed by atoms with E-state index in [1.807, 2.05) is 0 Å². The number of hydrogen-bond acceptors (Lipinski definition) is 4. The summed E-state index contributed by atoms with van der Waals surface area (Å²) in [7, 11) is 0. The van der Waals surface area contributed by atoms with Crippen LogP contribution >= 0.6 is 11.3 Å². The molecule has 0 saturated heterocycles. The van der Waals surface area contributed by atoms with Gasteiger partial charge in [-0.2, -0.15) is 11.3 Å². The van der Waals surface area contributed by atoms with Crippen molar-refractivity contribution in [3.05, 3.63) is 27.6 Å². The second-order valence-corrected chi connectivity index (χ2v) is 5.77. The van der Waals surface area contributed by atoms with Crippen LogP contribution in [0.4, 0.5) is 5.82 Å². The van der Waals surface area contributed by atoms with Crippen molar-refractivity contribution in [2.45, 2.75) is 39.5 Å². The third-order valence-electron chi connectivity index (χ3n) is 3.62. The molecule has 1 N–H and O–H groups in total. The van der Waals surface area contributed by atoms with E-state index in [1.165, 1.54) is 35.2 Å². The van der Waals surface area contributed by atoms with E-state index in [1.54, 1.807) is 11.3 Å². The van der Waals surface area contributed by atoms with E-state index in [0.29, 0.717) is 0 Å². The van der Waals surface area contributed by atoms with Gasteiger partial charge < -0.3 is 5.32 Å². The molecule has 2 aromatic rings. The zero-order valence-corrected chi connectivity index (χ0v) is 12.3. The lowest BCUT2D eigenvalue weighted by Gasteiger charge is -2.19. The Bertz CT molecular complexity index is 589. The molecule has 0 bridgehead atoms. The van der Waals surface area contributed by atoms with Crippen LogP contribution < -0.4 is 5.32 Å². The molecule has 1 aliphatic rings. The minimum absolute atomic E-state index is 0.885. The first-order valence-corrected chi connectivity index (χ1v) is 7.90. The van der Waals surface area contributed by atoms with E-state index < -0.39 is 0 Å².